The maximum Gasteiger partial charge on any atom is 0.313 e. The van der Waals surface area contributed by atoms with Crippen LogP contribution in [-0.4, -0.2) is 29.1 Å². The van der Waals surface area contributed by atoms with Crippen LogP contribution >= 0.6 is 23.4 Å². The van der Waals surface area contributed by atoms with Crippen LogP contribution in [0.2, 0.25) is 5.02 Å². The lowest BCUT2D eigenvalue weighted by Gasteiger charge is -2.22. The number of hydrogen-bond acceptors (Lipinski definition) is 6. The van der Waals surface area contributed by atoms with Gasteiger partial charge in [0.25, 0.3) is 0 Å². The molecule has 2 aromatic rings. The number of fused-ring (bicyclic) bond motifs is 1. The lowest BCUT2D eigenvalue weighted by Crippen LogP contribution is -2.14. The zero-order valence-corrected chi connectivity index (χ0v) is 17.7. The summed E-state index contributed by atoms with van der Waals surface area (Å²) in [4.78, 5) is 28.4. The van der Waals surface area contributed by atoms with Crippen molar-refractivity contribution in [3.8, 4) is 17.2 Å². The van der Waals surface area contributed by atoms with Crippen molar-refractivity contribution in [2.75, 3.05) is 12.4 Å². The number of carbonyl (C=O) groups excluding carboxylic acids is 2. The Bertz CT molecular complexity index is 968. The van der Waals surface area contributed by atoms with Gasteiger partial charge in [-0.25, -0.2) is 4.98 Å². The number of ether oxygens (including phenoxy) is 1. The second-order valence-corrected chi connectivity index (χ2v) is 8.13. The summed E-state index contributed by atoms with van der Waals surface area (Å²) in [7, 11) is 0. The van der Waals surface area contributed by atoms with E-state index in [0.717, 1.165) is 48.1 Å². The van der Waals surface area contributed by atoms with Crippen molar-refractivity contribution in [2.45, 2.75) is 44.1 Å². The minimum absolute atomic E-state index is 0.0688. The smallest absolute Gasteiger partial charge is 0.313 e. The van der Waals surface area contributed by atoms with Crippen LogP contribution in [0.25, 0.3) is 11.1 Å². The van der Waals surface area contributed by atoms with Gasteiger partial charge >= 0.3 is 5.97 Å². The topological polar surface area (TPSA) is 80.1 Å². The van der Waals surface area contributed by atoms with Gasteiger partial charge in [-0.05, 0) is 55.9 Å². The summed E-state index contributed by atoms with van der Waals surface area (Å²) in [6.45, 7) is 1.94. The summed E-state index contributed by atoms with van der Waals surface area (Å²) in [5.74, 6) is -0.706. The van der Waals surface area contributed by atoms with Crippen molar-refractivity contribution >= 4 is 35.1 Å². The first-order valence-corrected chi connectivity index (χ1v) is 10.9. The quantitative estimate of drug-likeness (QED) is 0.359. The monoisotopic (exact) mass is 428 g/mol. The van der Waals surface area contributed by atoms with Crippen LogP contribution in [0.4, 0.5) is 0 Å². The average Bonchev–Trinajstić information content (AvgIpc) is 2.72. The zero-order valence-electron chi connectivity index (χ0n) is 16.2. The largest absolute Gasteiger partial charge is 0.466 e. The highest BCUT2D eigenvalue weighted by Crippen LogP contribution is 2.38. The number of aryl methyl sites for hydroxylation is 1. The molecule has 7 heteroatoms. The van der Waals surface area contributed by atoms with E-state index in [4.69, 9.17) is 21.3 Å². The van der Waals surface area contributed by atoms with Gasteiger partial charge in [0.15, 0.2) is 5.78 Å². The van der Waals surface area contributed by atoms with Crippen LogP contribution in [0.15, 0.2) is 29.3 Å². The summed E-state index contributed by atoms with van der Waals surface area (Å²) in [5.41, 5.74) is 4.38. The second-order valence-electron chi connectivity index (χ2n) is 6.73. The third-order valence-electron chi connectivity index (χ3n) is 4.70. The van der Waals surface area contributed by atoms with Crippen LogP contribution in [0.5, 0.6) is 0 Å². The van der Waals surface area contributed by atoms with Gasteiger partial charge < -0.3 is 4.74 Å². The lowest BCUT2D eigenvalue weighted by atomic mass is 9.87. The molecule has 1 aromatic carbocycles. The van der Waals surface area contributed by atoms with E-state index in [-0.39, 0.29) is 24.6 Å². The van der Waals surface area contributed by atoms with Crippen LogP contribution in [-0.2, 0) is 27.2 Å². The normalized spacial score (nSPS) is 12.7. The standard InChI is InChI=1S/C22H21ClN2O3S/c1-2-28-20(27)11-16(26)13-29-22-18(12-24)21(14-7-9-15(23)10-8-14)17-5-3-4-6-19(17)25-22/h7-10H,2-6,11,13H2,1H3. The highest BCUT2D eigenvalue weighted by molar-refractivity contribution is 8.00. The first-order chi connectivity index (χ1) is 14.0. The summed E-state index contributed by atoms with van der Waals surface area (Å²) in [6.07, 6.45) is 3.58. The first-order valence-electron chi connectivity index (χ1n) is 9.55. The molecule has 0 fully saturated rings. The van der Waals surface area contributed by atoms with Crippen LogP contribution in [0, 0.1) is 11.3 Å². The molecule has 3 rings (SSSR count). The van der Waals surface area contributed by atoms with Crippen molar-refractivity contribution in [3.63, 3.8) is 0 Å². The Balaban J connectivity index is 1.94. The van der Waals surface area contributed by atoms with Gasteiger partial charge in [-0.1, -0.05) is 35.5 Å². The molecule has 150 valence electrons. The van der Waals surface area contributed by atoms with E-state index in [1.807, 2.05) is 24.3 Å². The van der Waals surface area contributed by atoms with E-state index in [1.165, 1.54) is 11.8 Å². The van der Waals surface area contributed by atoms with E-state index in [9.17, 15) is 14.9 Å². The molecule has 1 aliphatic carbocycles. The zero-order chi connectivity index (χ0) is 20.8. The number of halogens is 1. The Kier molecular flexibility index (Phi) is 7.29. The molecule has 0 atom stereocenters. The molecule has 29 heavy (non-hydrogen) atoms. The predicted octanol–water partition coefficient (Wildman–Crippen LogP) is 4.77. The van der Waals surface area contributed by atoms with E-state index in [0.29, 0.717) is 15.6 Å². The molecule has 0 unspecified atom stereocenters. The molecule has 0 bridgehead atoms. The summed E-state index contributed by atoms with van der Waals surface area (Å²) in [6, 6.07) is 9.73. The van der Waals surface area contributed by atoms with Crippen molar-refractivity contribution in [1.82, 2.24) is 4.98 Å². The summed E-state index contributed by atoms with van der Waals surface area (Å²) < 4.78 is 4.82. The molecule has 0 saturated carbocycles. The van der Waals surface area contributed by atoms with Gasteiger partial charge in [0.1, 0.15) is 17.5 Å². The number of Topliss-reactive ketones (excluding diaryl/α,β-unsaturated/α-hetero) is 1. The average molecular weight is 429 g/mol. The highest BCUT2D eigenvalue weighted by Gasteiger charge is 2.24. The molecule has 5 nitrogen and oxygen atoms in total. The fourth-order valence-electron chi connectivity index (χ4n) is 3.43. The number of nitrogens with zero attached hydrogens (tertiary/aromatic N) is 2. The Morgan fingerprint density at radius 1 is 1.24 bits per heavy atom. The second kappa shape index (κ2) is 9.91. The van der Waals surface area contributed by atoms with Gasteiger partial charge in [0.2, 0.25) is 0 Å². The third kappa shape index (κ3) is 5.17. The summed E-state index contributed by atoms with van der Waals surface area (Å²) in [5, 5.41) is 11.1. The predicted molar refractivity (Wildman–Crippen MR) is 113 cm³/mol. The van der Waals surface area contributed by atoms with Crippen molar-refractivity contribution in [1.29, 1.82) is 5.26 Å². The van der Waals surface area contributed by atoms with Crippen LogP contribution in [0.3, 0.4) is 0 Å². The fraction of sp³-hybridized carbons (Fsp3) is 0.364. The molecule has 0 saturated heterocycles. The van der Waals surface area contributed by atoms with Crippen molar-refractivity contribution < 1.29 is 14.3 Å². The molecule has 0 amide bonds. The fourth-order valence-corrected chi connectivity index (χ4v) is 4.43. The number of benzene rings is 1. The SMILES string of the molecule is CCOC(=O)CC(=O)CSc1nc2c(c(-c3ccc(Cl)cc3)c1C#N)CCCC2. The van der Waals surface area contributed by atoms with Gasteiger partial charge in [-0.15, -0.1) is 0 Å². The number of aromatic nitrogens is 1. The van der Waals surface area contributed by atoms with Crippen molar-refractivity contribution in [3.05, 3.63) is 46.1 Å². The third-order valence-corrected chi connectivity index (χ3v) is 5.99. The number of carbonyl (C=O) groups is 2. The molecular formula is C22H21ClN2O3S. The van der Waals surface area contributed by atoms with Gasteiger partial charge in [0.05, 0.1) is 17.9 Å². The Morgan fingerprint density at radius 2 is 1.97 bits per heavy atom. The maximum absolute atomic E-state index is 12.1. The van der Waals surface area contributed by atoms with Gasteiger partial charge in [-0.2, -0.15) is 5.26 Å². The molecule has 1 aliphatic rings. The molecule has 1 heterocycles. The van der Waals surface area contributed by atoms with Crippen LogP contribution < -0.4 is 0 Å². The molecule has 0 radical (unpaired) electrons. The Morgan fingerprint density at radius 3 is 2.66 bits per heavy atom. The molecule has 1 aromatic heterocycles. The minimum Gasteiger partial charge on any atom is -0.466 e. The molecular weight excluding hydrogens is 408 g/mol. The number of pyridine rings is 1. The van der Waals surface area contributed by atoms with E-state index in [1.54, 1.807) is 6.92 Å². The summed E-state index contributed by atoms with van der Waals surface area (Å²) >= 11 is 7.25. The molecule has 0 aliphatic heterocycles. The highest BCUT2D eigenvalue weighted by atomic mass is 35.5. The lowest BCUT2D eigenvalue weighted by molar-refractivity contribution is -0.145. The number of rotatable bonds is 7. The van der Waals surface area contributed by atoms with E-state index >= 15 is 0 Å². The minimum atomic E-state index is -0.529. The number of hydrogen-bond donors (Lipinski definition) is 0. The first kappa shape index (κ1) is 21.4. The maximum atomic E-state index is 12.1. The van der Waals surface area contributed by atoms with Gasteiger partial charge in [0, 0.05) is 16.3 Å². The molecule has 0 spiro atoms. The van der Waals surface area contributed by atoms with Gasteiger partial charge in [-0.3, -0.25) is 9.59 Å². The number of ketones is 1. The van der Waals surface area contributed by atoms with Crippen LogP contribution in [0.1, 0.15) is 43.0 Å². The Labute approximate surface area is 179 Å². The Hall–Kier alpha value is -2.36. The molecule has 0 N–H and O–H groups in total. The number of esters is 1. The number of thioether (sulfide) groups is 1. The van der Waals surface area contributed by atoms with E-state index in [2.05, 4.69) is 6.07 Å². The number of nitriles is 1. The van der Waals surface area contributed by atoms with E-state index < -0.39 is 5.97 Å². The van der Waals surface area contributed by atoms with Crippen molar-refractivity contribution in [2.24, 2.45) is 0 Å².